The van der Waals surface area contributed by atoms with E-state index in [1.54, 1.807) is 19.5 Å². The Kier molecular flexibility index (Phi) is 3.58. The number of hydrogen-bond acceptors (Lipinski definition) is 4. The molecule has 0 amide bonds. The highest BCUT2D eigenvalue weighted by atomic mass is 16.5. The largest absolute Gasteiger partial charge is 0.481 e. The van der Waals surface area contributed by atoms with E-state index >= 15 is 0 Å². The van der Waals surface area contributed by atoms with Gasteiger partial charge in [-0.2, -0.15) is 0 Å². The van der Waals surface area contributed by atoms with Crippen LogP contribution in [0.25, 0.3) is 0 Å². The van der Waals surface area contributed by atoms with E-state index < -0.39 is 5.97 Å². The summed E-state index contributed by atoms with van der Waals surface area (Å²) in [4.78, 5) is 17.1. The monoisotopic (exact) mass is 236 g/mol. The smallest absolute Gasteiger partial charge is 0.306 e. The van der Waals surface area contributed by atoms with Crippen molar-refractivity contribution in [2.75, 3.05) is 18.6 Å². The van der Waals surface area contributed by atoms with Gasteiger partial charge in [0, 0.05) is 26.3 Å². The summed E-state index contributed by atoms with van der Waals surface area (Å²) in [6, 6.07) is 3.82. The van der Waals surface area contributed by atoms with Crippen LogP contribution in [-0.2, 0) is 9.53 Å². The topological polar surface area (TPSA) is 62.7 Å². The summed E-state index contributed by atoms with van der Waals surface area (Å²) in [5.41, 5.74) is 0.975. The maximum Gasteiger partial charge on any atom is 0.306 e. The molecule has 17 heavy (non-hydrogen) atoms. The molecule has 92 valence electrons. The lowest BCUT2D eigenvalue weighted by Gasteiger charge is -2.38. The van der Waals surface area contributed by atoms with Gasteiger partial charge in [0.25, 0.3) is 0 Å². The molecule has 2 unspecified atom stereocenters. The van der Waals surface area contributed by atoms with Crippen LogP contribution in [0.5, 0.6) is 0 Å². The number of piperidine rings is 1. The number of aliphatic carboxylic acids is 1. The number of anilines is 1. The van der Waals surface area contributed by atoms with Crippen LogP contribution in [0, 0.1) is 5.92 Å². The second kappa shape index (κ2) is 5.14. The van der Waals surface area contributed by atoms with Crippen molar-refractivity contribution >= 4 is 11.7 Å². The molecule has 2 rings (SSSR count). The zero-order valence-electron chi connectivity index (χ0n) is 9.74. The van der Waals surface area contributed by atoms with Crippen molar-refractivity contribution in [3.63, 3.8) is 0 Å². The molecule has 2 atom stereocenters. The molecule has 0 saturated carbocycles. The molecule has 0 bridgehead atoms. The van der Waals surface area contributed by atoms with Gasteiger partial charge in [0.1, 0.15) is 6.23 Å². The summed E-state index contributed by atoms with van der Waals surface area (Å²) in [7, 11) is 1.61. The first-order valence-electron chi connectivity index (χ1n) is 5.64. The number of carboxylic acids is 1. The summed E-state index contributed by atoms with van der Waals surface area (Å²) in [6.45, 7) is 0.682. The summed E-state index contributed by atoms with van der Waals surface area (Å²) in [5.74, 6) is -1.05. The molecular formula is C12H16N2O3. The summed E-state index contributed by atoms with van der Waals surface area (Å²) in [6.07, 6.45) is 4.46. The first-order valence-corrected chi connectivity index (χ1v) is 5.64. The third kappa shape index (κ3) is 2.55. The van der Waals surface area contributed by atoms with Gasteiger partial charge in [-0.1, -0.05) is 0 Å². The number of methoxy groups -OCH3 is 1. The van der Waals surface area contributed by atoms with Crippen molar-refractivity contribution in [2.45, 2.75) is 19.1 Å². The van der Waals surface area contributed by atoms with Crippen molar-refractivity contribution in [3.8, 4) is 0 Å². The van der Waals surface area contributed by atoms with Gasteiger partial charge >= 0.3 is 5.97 Å². The SMILES string of the molecule is COC1CC(C(=O)O)CCN1c1cccnc1. The van der Waals surface area contributed by atoms with Crippen LogP contribution in [0.1, 0.15) is 12.8 Å². The molecule has 0 aliphatic carbocycles. The number of aromatic nitrogens is 1. The highest BCUT2D eigenvalue weighted by Gasteiger charge is 2.32. The normalized spacial score (nSPS) is 24.6. The number of nitrogens with zero attached hydrogens (tertiary/aromatic N) is 2. The first-order chi connectivity index (χ1) is 8.22. The van der Waals surface area contributed by atoms with Crippen LogP contribution >= 0.6 is 0 Å². The molecule has 1 fully saturated rings. The van der Waals surface area contributed by atoms with Gasteiger partial charge in [-0.3, -0.25) is 9.78 Å². The molecule has 1 aromatic heterocycles. The molecule has 2 heterocycles. The molecule has 1 aromatic rings. The van der Waals surface area contributed by atoms with Gasteiger partial charge in [-0.15, -0.1) is 0 Å². The van der Waals surface area contributed by atoms with Crippen molar-refractivity contribution in [2.24, 2.45) is 5.92 Å². The van der Waals surface area contributed by atoms with E-state index in [4.69, 9.17) is 9.84 Å². The quantitative estimate of drug-likeness (QED) is 0.858. The Morgan fingerprint density at radius 1 is 1.65 bits per heavy atom. The van der Waals surface area contributed by atoms with Crippen LogP contribution in [0.2, 0.25) is 0 Å². The van der Waals surface area contributed by atoms with Crippen LogP contribution in [0.4, 0.5) is 5.69 Å². The van der Waals surface area contributed by atoms with E-state index in [2.05, 4.69) is 9.88 Å². The fourth-order valence-corrected chi connectivity index (χ4v) is 2.19. The standard InChI is InChI=1S/C12H16N2O3/c1-17-11-7-9(12(15)16)4-6-14(11)10-3-2-5-13-8-10/h2-3,5,8-9,11H,4,6-7H2,1H3,(H,15,16). The first kappa shape index (κ1) is 11.9. The molecule has 0 radical (unpaired) electrons. The predicted molar refractivity (Wildman–Crippen MR) is 62.7 cm³/mol. The van der Waals surface area contributed by atoms with E-state index in [1.165, 1.54) is 0 Å². The molecule has 0 aromatic carbocycles. The maximum absolute atomic E-state index is 11.0. The van der Waals surface area contributed by atoms with E-state index in [0.717, 1.165) is 5.69 Å². The molecule has 1 N–H and O–H groups in total. The van der Waals surface area contributed by atoms with Crippen LogP contribution in [0.15, 0.2) is 24.5 Å². The van der Waals surface area contributed by atoms with Gasteiger partial charge in [0.05, 0.1) is 17.8 Å². The summed E-state index contributed by atoms with van der Waals surface area (Å²) >= 11 is 0. The van der Waals surface area contributed by atoms with Gasteiger partial charge in [-0.05, 0) is 18.6 Å². The molecule has 1 aliphatic rings. The summed E-state index contributed by atoms with van der Waals surface area (Å²) in [5, 5.41) is 9.02. The maximum atomic E-state index is 11.0. The van der Waals surface area contributed by atoms with Crippen LogP contribution < -0.4 is 4.90 Å². The molecule has 0 spiro atoms. The molecule has 1 saturated heterocycles. The zero-order chi connectivity index (χ0) is 12.3. The van der Waals surface area contributed by atoms with Gasteiger partial charge in [0.2, 0.25) is 0 Å². The average Bonchev–Trinajstić information content (AvgIpc) is 2.39. The highest BCUT2D eigenvalue weighted by Crippen LogP contribution is 2.28. The van der Waals surface area contributed by atoms with Crippen molar-refractivity contribution < 1.29 is 14.6 Å². The minimum Gasteiger partial charge on any atom is -0.481 e. The fourth-order valence-electron chi connectivity index (χ4n) is 2.19. The lowest BCUT2D eigenvalue weighted by Crippen LogP contribution is -2.45. The Balaban J connectivity index is 2.12. The average molecular weight is 236 g/mol. The minimum atomic E-state index is -0.738. The minimum absolute atomic E-state index is 0.186. The van der Waals surface area contributed by atoms with Crippen molar-refractivity contribution in [1.82, 2.24) is 4.98 Å². The lowest BCUT2D eigenvalue weighted by molar-refractivity contribution is -0.144. The lowest BCUT2D eigenvalue weighted by atomic mass is 9.95. The van der Waals surface area contributed by atoms with E-state index in [-0.39, 0.29) is 12.1 Å². The Morgan fingerprint density at radius 3 is 3.06 bits per heavy atom. The van der Waals surface area contributed by atoms with Gasteiger partial charge in [0.15, 0.2) is 0 Å². The number of pyridine rings is 1. The second-order valence-corrected chi connectivity index (χ2v) is 4.15. The molecule has 1 aliphatic heterocycles. The van der Waals surface area contributed by atoms with Crippen LogP contribution in [-0.4, -0.2) is 35.9 Å². The molecule has 5 heteroatoms. The zero-order valence-corrected chi connectivity index (χ0v) is 9.74. The number of carboxylic acid groups (broad SMARTS) is 1. The molecular weight excluding hydrogens is 220 g/mol. The van der Waals surface area contributed by atoms with E-state index in [9.17, 15) is 4.79 Å². The number of carbonyl (C=O) groups is 1. The van der Waals surface area contributed by atoms with E-state index in [0.29, 0.717) is 19.4 Å². The Bertz CT molecular complexity index is 383. The van der Waals surface area contributed by atoms with Gasteiger partial charge in [-0.25, -0.2) is 0 Å². The Labute approximate surface area is 100 Å². The Hall–Kier alpha value is -1.62. The van der Waals surface area contributed by atoms with Gasteiger partial charge < -0.3 is 14.7 Å². The highest BCUT2D eigenvalue weighted by molar-refractivity contribution is 5.70. The van der Waals surface area contributed by atoms with Crippen molar-refractivity contribution in [3.05, 3.63) is 24.5 Å². The third-order valence-electron chi connectivity index (χ3n) is 3.15. The van der Waals surface area contributed by atoms with E-state index in [1.807, 2.05) is 12.1 Å². The summed E-state index contributed by atoms with van der Waals surface area (Å²) < 4.78 is 5.37. The number of rotatable bonds is 3. The number of ether oxygens (including phenoxy) is 1. The van der Waals surface area contributed by atoms with Crippen LogP contribution in [0.3, 0.4) is 0 Å². The fraction of sp³-hybridized carbons (Fsp3) is 0.500. The second-order valence-electron chi connectivity index (χ2n) is 4.15. The predicted octanol–water partition coefficient (Wildman–Crippen LogP) is 1.36. The molecule has 5 nitrogen and oxygen atoms in total. The van der Waals surface area contributed by atoms with Crippen molar-refractivity contribution in [1.29, 1.82) is 0 Å². The third-order valence-corrected chi connectivity index (χ3v) is 3.15. The number of hydrogen-bond donors (Lipinski definition) is 1. The Morgan fingerprint density at radius 2 is 2.47 bits per heavy atom.